The number of rotatable bonds is 3. The van der Waals surface area contributed by atoms with E-state index in [1.165, 1.54) is 24.3 Å². The number of ether oxygens (including phenoxy) is 1. The molecular weight excluding hydrogens is 449 g/mol. The van der Waals surface area contributed by atoms with E-state index in [1.54, 1.807) is 24.3 Å². The molecule has 2 aliphatic heterocycles. The molecule has 3 atom stereocenters. The van der Waals surface area contributed by atoms with Crippen LogP contribution in [0.2, 0.25) is 0 Å². The molecule has 1 spiro atoms. The second kappa shape index (κ2) is 7.65. The molecule has 7 heteroatoms. The van der Waals surface area contributed by atoms with Gasteiger partial charge in [0.1, 0.15) is 5.82 Å². The molecule has 172 valence electrons. The van der Waals surface area contributed by atoms with E-state index in [9.17, 15) is 23.6 Å². The first-order valence-corrected chi connectivity index (χ1v) is 11.2. The minimum atomic E-state index is -2.12. The maximum absolute atomic E-state index is 13.7. The Morgan fingerprint density at radius 2 is 1.37 bits per heavy atom. The van der Waals surface area contributed by atoms with Gasteiger partial charge >= 0.3 is 0 Å². The maximum Gasteiger partial charge on any atom is 0.241 e. The lowest BCUT2D eigenvalue weighted by Gasteiger charge is -2.26. The summed E-state index contributed by atoms with van der Waals surface area (Å²) in [7, 11) is 0. The van der Waals surface area contributed by atoms with Crippen LogP contribution in [0, 0.1) is 17.7 Å². The number of carbonyl (C=O) groups is 4. The molecule has 6 rings (SSSR count). The molecule has 0 radical (unpaired) electrons. The van der Waals surface area contributed by atoms with Gasteiger partial charge in [0.25, 0.3) is 0 Å². The van der Waals surface area contributed by atoms with Crippen molar-refractivity contribution in [1.82, 2.24) is 0 Å². The number of hydrogen-bond acceptors (Lipinski definition) is 5. The number of halogens is 1. The second-order valence-electron chi connectivity index (χ2n) is 8.78. The number of ketones is 2. The summed E-state index contributed by atoms with van der Waals surface area (Å²) < 4.78 is 19.6. The zero-order valence-electron chi connectivity index (χ0n) is 18.3. The third kappa shape index (κ3) is 2.91. The van der Waals surface area contributed by atoms with E-state index in [0.717, 1.165) is 22.6 Å². The molecule has 0 saturated carbocycles. The Labute approximate surface area is 199 Å². The van der Waals surface area contributed by atoms with Gasteiger partial charge in [-0.3, -0.25) is 19.2 Å². The normalized spacial score (nSPS) is 24.6. The summed E-state index contributed by atoms with van der Waals surface area (Å²) in [5.41, 5.74) is -0.782. The molecule has 2 saturated heterocycles. The van der Waals surface area contributed by atoms with Crippen LogP contribution in [0.3, 0.4) is 0 Å². The van der Waals surface area contributed by atoms with Crippen LogP contribution in [0.5, 0.6) is 0 Å². The molecule has 3 aliphatic rings. The highest BCUT2D eigenvalue weighted by molar-refractivity contribution is 6.37. The first-order chi connectivity index (χ1) is 16.9. The molecule has 0 aromatic heterocycles. The number of amides is 2. The smallest absolute Gasteiger partial charge is 0.241 e. The molecule has 2 fully saturated rings. The summed E-state index contributed by atoms with van der Waals surface area (Å²) in [6.45, 7) is 0. The van der Waals surface area contributed by atoms with Crippen molar-refractivity contribution >= 4 is 35.1 Å². The highest BCUT2D eigenvalue weighted by Crippen LogP contribution is 2.53. The maximum atomic E-state index is 13.7. The van der Waals surface area contributed by atoms with Gasteiger partial charge in [0.15, 0.2) is 0 Å². The van der Waals surface area contributed by atoms with Gasteiger partial charge in [-0.2, -0.15) is 0 Å². The Balaban J connectivity index is 1.48. The number of anilines is 1. The summed E-state index contributed by atoms with van der Waals surface area (Å²) in [5.74, 6) is -5.49. The fourth-order valence-corrected chi connectivity index (χ4v) is 5.36. The highest BCUT2D eigenvalue weighted by Gasteiger charge is 2.74. The molecule has 0 bridgehead atoms. The average molecular weight is 467 g/mol. The lowest BCUT2D eigenvalue weighted by atomic mass is 9.78. The van der Waals surface area contributed by atoms with Crippen LogP contribution in [0.15, 0.2) is 84.9 Å². The summed E-state index contributed by atoms with van der Waals surface area (Å²) >= 11 is 0. The molecule has 3 aromatic rings. The first kappa shape index (κ1) is 21.3. The fraction of sp³-hybridized carbons (Fsp3) is 0.143. The summed E-state index contributed by atoms with van der Waals surface area (Å²) in [5, 5.41) is 0. The van der Waals surface area contributed by atoms with E-state index in [4.69, 9.17) is 4.74 Å². The Morgan fingerprint density at radius 1 is 0.771 bits per heavy atom. The molecule has 2 heterocycles. The minimum absolute atomic E-state index is 0.171. The number of fused-ring (bicyclic) bond motifs is 3. The van der Waals surface area contributed by atoms with Crippen molar-refractivity contribution in [3.63, 3.8) is 0 Å². The van der Waals surface area contributed by atoms with Crippen LogP contribution in [0.1, 0.15) is 26.3 Å². The highest BCUT2D eigenvalue weighted by atomic mass is 19.1. The Kier molecular flexibility index (Phi) is 4.66. The summed E-state index contributed by atoms with van der Waals surface area (Å²) in [6, 6.07) is 20.5. The predicted molar refractivity (Wildman–Crippen MR) is 124 cm³/mol. The van der Waals surface area contributed by atoms with Gasteiger partial charge in [0, 0.05) is 11.1 Å². The largest absolute Gasteiger partial charge is 0.350 e. The standard InChI is InChI=1S/C28H18FNO5/c29-17-11-13-18(14-12-17)30-26(33)22-21(15-10-16-6-2-1-3-7-16)35-28(23(22)27(30)34)24(31)19-8-4-5-9-20(19)25(28)32/h1-15,21-23H/b15-10+. The van der Waals surface area contributed by atoms with Crippen molar-refractivity contribution in [3.8, 4) is 0 Å². The van der Waals surface area contributed by atoms with Crippen LogP contribution in [0.25, 0.3) is 6.08 Å². The Bertz CT molecular complexity index is 1390. The van der Waals surface area contributed by atoms with Crippen molar-refractivity contribution < 1.29 is 28.3 Å². The van der Waals surface area contributed by atoms with Crippen molar-refractivity contribution in [1.29, 1.82) is 0 Å². The minimum Gasteiger partial charge on any atom is -0.350 e. The number of imide groups is 1. The van der Waals surface area contributed by atoms with Gasteiger partial charge in [-0.1, -0.05) is 66.7 Å². The Hall–Kier alpha value is -4.23. The van der Waals surface area contributed by atoms with E-state index in [1.807, 2.05) is 30.3 Å². The molecule has 0 N–H and O–H groups in total. The zero-order valence-corrected chi connectivity index (χ0v) is 18.3. The van der Waals surface area contributed by atoms with E-state index in [0.29, 0.717) is 0 Å². The molecular formula is C28H18FNO5. The number of benzene rings is 3. The monoisotopic (exact) mass is 467 g/mol. The first-order valence-electron chi connectivity index (χ1n) is 11.2. The van der Waals surface area contributed by atoms with Gasteiger partial charge in [0.2, 0.25) is 29.0 Å². The molecule has 35 heavy (non-hydrogen) atoms. The molecule has 3 unspecified atom stereocenters. The van der Waals surface area contributed by atoms with Crippen LogP contribution in [-0.4, -0.2) is 35.1 Å². The SMILES string of the molecule is O=C1C2C(/C=C/c3ccccc3)OC3(C(=O)c4ccccc4C3=O)C2C(=O)N1c1ccc(F)cc1. The lowest BCUT2D eigenvalue weighted by molar-refractivity contribution is -0.126. The van der Waals surface area contributed by atoms with Gasteiger partial charge < -0.3 is 4.74 Å². The molecule has 2 amide bonds. The van der Waals surface area contributed by atoms with Crippen molar-refractivity contribution in [3.05, 3.63) is 107 Å². The second-order valence-corrected chi connectivity index (χ2v) is 8.78. The van der Waals surface area contributed by atoms with Crippen LogP contribution >= 0.6 is 0 Å². The molecule has 6 nitrogen and oxygen atoms in total. The van der Waals surface area contributed by atoms with E-state index < -0.39 is 52.7 Å². The van der Waals surface area contributed by atoms with Crippen LogP contribution in [0.4, 0.5) is 10.1 Å². The molecule has 3 aromatic carbocycles. The summed E-state index contributed by atoms with van der Waals surface area (Å²) in [4.78, 5) is 55.5. The third-order valence-electron chi connectivity index (χ3n) is 6.92. The topological polar surface area (TPSA) is 80.8 Å². The predicted octanol–water partition coefficient (Wildman–Crippen LogP) is 3.86. The van der Waals surface area contributed by atoms with Crippen molar-refractivity contribution in [2.24, 2.45) is 11.8 Å². The van der Waals surface area contributed by atoms with Gasteiger partial charge in [0.05, 0.1) is 23.6 Å². The number of hydrogen-bond donors (Lipinski definition) is 0. The van der Waals surface area contributed by atoms with Gasteiger partial charge in [-0.05, 0) is 29.8 Å². The van der Waals surface area contributed by atoms with Crippen LogP contribution < -0.4 is 4.90 Å². The third-order valence-corrected chi connectivity index (χ3v) is 6.92. The Morgan fingerprint density at radius 3 is 2.00 bits per heavy atom. The summed E-state index contributed by atoms with van der Waals surface area (Å²) in [6.07, 6.45) is 2.35. The lowest BCUT2D eigenvalue weighted by Crippen LogP contribution is -2.51. The van der Waals surface area contributed by atoms with E-state index in [-0.39, 0.29) is 16.8 Å². The van der Waals surface area contributed by atoms with E-state index in [2.05, 4.69) is 0 Å². The van der Waals surface area contributed by atoms with Crippen molar-refractivity contribution in [2.75, 3.05) is 4.90 Å². The van der Waals surface area contributed by atoms with Gasteiger partial charge in [-0.15, -0.1) is 0 Å². The number of Topliss-reactive ketones (excluding diaryl/α,β-unsaturated/α-hetero) is 2. The quantitative estimate of drug-likeness (QED) is 0.432. The number of nitrogens with zero attached hydrogens (tertiary/aromatic N) is 1. The fourth-order valence-electron chi connectivity index (χ4n) is 5.36. The molecule has 1 aliphatic carbocycles. The average Bonchev–Trinajstić information content (AvgIpc) is 3.44. The van der Waals surface area contributed by atoms with E-state index >= 15 is 0 Å². The van der Waals surface area contributed by atoms with Gasteiger partial charge in [-0.25, -0.2) is 9.29 Å². The zero-order chi connectivity index (χ0) is 24.3. The van der Waals surface area contributed by atoms with Crippen molar-refractivity contribution in [2.45, 2.75) is 11.7 Å². The number of carbonyl (C=O) groups excluding carboxylic acids is 4. The van der Waals surface area contributed by atoms with Crippen LogP contribution in [-0.2, 0) is 14.3 Å².